The number of carboxylic acid groups (broad SMARTS) is 1. The van der Waals surface area contributed by atoms with Crippen LogP contribution in [0.5, 0.6) is 0 Å². The van der Waals surface area contributed by atoms with Crippen LogP contribution in [0.4, 0.5) is 0 Å². The summed E-state index contributed by atoms with van der Waals surface area (Å²) < 4.78 is 0. The summed E-state index contributed by atoms with van der Waals surface area (Å²) in [5.41, 5.74) is 0.811. The maximum Gasteiger partial charge on any atom is 0.303 e. The van der Waals surface area contributed by atoms with E-state index in [1.54, 1.807) is 0 Å². The molecule has 3 aliphatic rings. The summed E-state index contributed by atoms with van der Waals surface area (Å²) >= 11 is 0. The second-order valence-corrected chi connectivity index (χ2v) is 6.42. The Labute approximate surface area is 96.8 Å². The second-order valence-electron chi connectivity index (χ2n) is 6.42. The highest BCUT2D eigenvalue weighted by atomic mass is 16.4. The third-order valence-corrected chi connectivity index (χ3v) is 5.03. The number of carboxylic acids is 1. The van der Waals surface area contributed by atoms with Crippen molar-refractivity contribution in [2.75, 3.05) is 19.6 Å². The first kappa shape index (κ1) is 10.6. The number of carbonyl (C=O) groups is 1. The highest BCUT2D eigenvalue weighted by Gasteiger charge is 2.50. The minimum absolute atomic E-state index is 0.136. The molecule has 0 aromatic carbocycles. The molecule has 2 aliphatic carbocycles. The van der Waals surface area contributed by atoms with E-state index in [1.165, 1.54) is 38.8 Å². The lowest BCUT2D eigenvalue weighted by Gasteiger charge is -2.59. The van der Waals surface area contributed by atoms with Gasteiger partial charge in [0.2, 0.25) is 0 Å². The lowest BCUT2D eigenvalue weighted by Crippen LogP contribution is -2.62. The molecular weight excluding hydrogens is 202 g/mol. The molecule has 0 aromatic rings. The molecule has 0 radical (unpaired) electrons. The fourth-order valence-corrected chi connectivity index (χ4v) is 3.87. The van der Waals surface area contributed by atoms with Gasteiger partial charge >= 0.3 is 5.97 Å². The van der Waals surface area contributed by atoms with Crippen molar-refractivity contribution >= 4 is 5.97 Å². The number of nitrogens with zero attached hydrogens (tertiary/aromatic N) is 1. The van der Waals surface area contributed by atoms with Crippen molar-refractivity contribution in [3.63, 3.8) is 0 Å². The van der Waals surface area contributed by atoms with Crippen LogP contribution in [0.1, 0.15) is 44.9 Å². The zero-order valence-corrected chi connectivity index (χ0v) is 9.87. The van der Waals surface area contributed by atoms with Crippen molar-refractivity contribution in [1.82, 2.24) is 4.90 Å². The monoisotopic (exact) mass is 223 g/mol. The van der Waals surface area contributed by atoms with Gasteiger partial charge in [0.25, 0.3) is 0 Å². The van der Waals surface area contributed by atoms with Gasteiger partial charge in [-0.2, -0.15) is 0 Å². The molecule has 1 spiro atoms. The van der Waals surface area contributed by atoms with Gasteiger partial charge in [-0.3, -0.25) is 4.79 Å². The topological polar surface area (TPSA) is 40.5 Å². The van der Waals surface area contributed by atoms with Gasteiger partial charge in [-0.05, 0) is 36.5 Å². The predicted octanol–water partition coefficient (Wildman–Crippen LogP) is 2.12. The van der Waals surface area contributed by atoms with Crippen molar-refractivity contribution < 1.29 is 9.90 Å². The first-order chi connectivity index (χ1) is 7.62. The Bertz CT molecular complexity index is 297. The average Bonchev–Trinajstić information content (AvgIpc) is 2.01. The van der Waals surface area contributed by atoms with E-state index in [-0.39, 0.29) is 5.41 Å². The molecule has 2 saturated carbocycles. The molecule has 1 saturated heterocycles. The summed E-state index contributed by atoms with van der Waals surface area (Å²) in [6.07, 6.45) is 8.10. The molecule has 0 bridgehead atoms. The molecule has 0 atom stereocenters. The Morgan fingerprint density at radius 3 is 2.12 bits per heavy atom. The van der Waals surface area contributed by atoms with Gasteiger partial charge < -0.3 is 10.0 Å². The highest BCUT2D eigenvalue weighted by molar-refractivity contribution is 5.68. The number of hydrogen-bond donors (Lipinski definition) is 1. The van der Waals surface area contributed by atoms with Crippen LogP contribution in [-0.4, -0.2) is 35.6 Å². The highest BCUT2D eigenvalue weighted by Crippen LogP contribution is 2.51. The second kappa shape index (κ2) is 3.46. The zero-order valence-electron chi connectivity index (χ0n) is 9.87. The third kappa shape index (κ3) is 1.65. The molecule has 1 heterocycles. The number of hydrogen-bond acceptors (Lipinski definition) is 2. The summed E-state index contributed by atoms with van der Waals surface area (Å²) in [7, 11) is 0. The van der Waals surface area contributed by atoms with Crippen molar-refractivity contribution in [3.05, 3.63) is 0 Å². The van der Waals surface area contributed by atoms with E-state index in [9.17, 15) is 4.79 Å². The normalized spacial score (nSPS) is 30.2. The van der Waals surface area contributed by atoms with Gasteiger partial charge in [-0.1, -0.05) is 12.8 Å². The van der Waals surface area contributed by atoms with Gasteiger partial charge in [-0.25, -0.2) is 0 Å². The number of likely N-dealkylation sites (tertiary alicyclic amines) is 1. The third-order valence-electron chi connectivity index (χ3n) is 5.03. The van der Waals surface area contributed by atoms with E-state index in [4.69, 9.17) is 5.11 Å². The summed E-state index contributed by atoms with van der Waals surface area (Å²) in [4.78, 5) is 13.4. The molecule has 16 heavy (non-hydrogen) atoms. The maximum atomic E-state index is 10.9. The van der Waals surface area contributed by atoms with Crippen LogP contribution in [0.3, 0.4) is 0 Å². The SMILES string of the molecule is O=C(O)CC1(CN2CC3(CCC3)C2)CCC1. The lowest BCUT2D eigenvalue weighted by atomic mass is 9.61. The molecule has 90 valence electrons. The Morgan fingerprint density at radius 1 is 1.12 bits per heavy atom. The summed E-state index contributed by atoms with van der Waals surface area (Å²) in [6, 6.07) is 0. The van der Waals surface area contributed by atoms with Gasteiger partial charge in [-0.15, -0.1) is 0 Å². The van der Waals surface area contributed by atoms with Gasteiger partial charge in [0.05, 0.1) is 6.42 Å². The summed E-state index contributed by atoms with van der Waals surface area (Å²) in [5.74, 6) is -0.612. The number of aliphatic carboxylic acids is 1. The van der Waals surface area contributed by atoms with Crippen molar-refractivity contribution in [2.45, 2.75) is 44.9 Å². The quantitative estimate of drug-likeness (QED) is 0.793. The van der Waals surface area contributed by atoms with Crippen molar-refractivity contribution in [2.24, 2.45) is 10.8 Å². The maximum absolute atomic E-state index is 10.9. The van der Waals surface area contributed by atoms with Crippen molar-refractivity contribution in [1.29, 1.82) is 0 Å². The molecule has 0 unspecified atom stereocenters. The molecule has 3 fully saturated rings. The van der Waals surface area contributed by atoms with Crippen LogP contribution >= 0.6 is 0 Å². The fraction of sp³-hybridized carbons (Fsp3) is 0.923. The molecule has 1 N–H and O–H groups in total. The minimum atomic E-state index is -0.612. The van der Waals surface area contributed by atoms with E-state index in [2.05, 4.69) is 4.90 Å². The summed E-state index contributed by atoms with van der Waals surface area (Å²) in [6.45, 7) is 3.53. The number of rotatable bonds is 4. The standard InChI is InChI=1S/C13H21NO2/c15-11(16)7-12(3-1-4-12)8-14-9-13(10-14)5-2-6-13/h1-10H2,(H,15,16). The smallest absolute Gasteiger partial charge is 0.303 e. The predicted molar refractivity (Wildman–Crippen MR) is 61.3 cm³/mol. The van der Waals surface area contributed by atoms with E-state index in [0.717, 1.165) is 19.4 Å². The van der Waals surface area contributed by atoms with E-state index in [1.807, 2.05) is 0 Å². The van der Waals surface area contributed by atoms with Gasteiger partial charge in [0, 0.05) is 19.6 Å². The molecule has 3 rings (SSSR count). The Hall–Kier alpha value is -0.570. The summed E-state index contributed by atoms with van der Waals surface area (Å²) in [5, 5.41) is 8.96. The largest absolute Gasteiger partial charge is 0.481 e. The van der Waals surface area contributed by atoms with Crippen molar-refractivity contribution in [3.8, 4) is 0 Å². The fourth-order valence-electron chi connectivity index (χ4n) is 3.87. The molecule has 0 amide bonds. The first-order valence-corrected chi connectivity index (χ1v) is 6.56. The first-order valence-electron chi connectivity index (χ1n) is 6.56. The van der Waals surface area contributed by atoms with Gasteiger partial charge in [0.15, 0.2) is 0 Å². The molecule has 3 heteroatoms. The van der Waals surface area contributed by atoms with Crippen LogP contribution in [0, 0.1) is 10.8 Å². The van der Waals surface area contributed by atoms with E-state index >= 15 is 0 Å². The molecule has 1 aliphatic heterocycles. The van der Waals surface area contributed by atoms with Gasteiger partial charge in [0.1, 0.15) is 0 Å². The Balaban J connectivity index is 1.51. The Kier molecular flexibility index (Phi) is 2.29. The van der Waals surface area contributed by atoms with Crippen LogP contribution in [0.15, 0.2) is 0 Å². The van der Waals surface area contributed by atoms with Crippen LogP contribution in [0.2, 0.25) is 0 Å². The lowest BCUT2D eigenvalue weighted by molar-refractivity contribution is -0.144. The van der Waals surface area contributed by atoms with Crippen LogP contribution < -0.4 is 0 Å². The van der Waals surface area contributed by atoms with Crippen LogP contribution in [0.25, 0.3) is 0 Å². The Morgan fingerprint density at radius 2 is 1.75 bits per heavy atom. The zero-order chi connectivity index (χ0) is 11.2. The van der Waals surface area contributed by atoms with Crippen LogP contribution in [-0.2, 0) is 4.79 Å². The van der Waals surface area contributed by atoms with E-state index < -0.39 is 5.97 Å². The molecule has 3 nitrogen and oxygen atoms in total. The minimum Gasteiger partial charge on any atom is -0.481 e. The average molecular weight is 223 g/mol. The molecular formula is C13H21NO2. The van der Waals surface area contributed by atoms with E-state index in [0.29, 0.717) is 11.8 Å². The molecule has 0 aromatic heterocycles.